The number of phenolic OH excluding ortho intramolecular Hbond substituents is 2. The number of likely N-dealkylation sites (tertiary alicyclic amines) is 1. The number of aromatic nitrogens is 4. The molecule has 16 rings (SSSR count). The molecule has 134 heavy (non-hydrogen) atoms. The summed E-state index contributed by atoms with van der Waals surface area (Å²) < 4.78 is 0. The Kier molecular flexibility index (Phi) is 31.6. The summed E-state index contributed by atoms with van der Waals surface area (Å²) in [5, 5.41) is 77.5. The fraction of sp³-hybridized carbons (Fsp3) is 0.554. The number of imidazole rings is 1. The third-order valence-electron chi connectivity index (χ3n) is 30.9. The Hall–Kier alpha value is -12.0. The van der Waals surface area contributed by atoms with Crippen molar-refractivity contribution in [2.45, 2.75) is 275 Å². The first-order valence-electron chi connectivity index (χ1n) is 48.2. The number of aliphatic imine (C=N–C) groups is 1. The number of fused-ring (bicyclic) bond motifs is 12. The molecule has 33 nitrogen and oxygen atoms in total. The maximum absolute atomic E-state index is 15.1. The van der Waals surface area contributed by atoms with E-state index in [4.69, 9.17) is 11.5 Å². The molecular weight excluding hydrogens is 1710 g/mol. The van der Waals surface area contributed by atoms with Crippen LogP contribution in [0.15, 0.2) is 133 Å². The molecule has 2 aliphatic heterocycles. The van der Waals surface area contributed by atoms with Gasteiger partial charge in [0, 0.05) is 104 Å². The molecule has 0 unspecified atom stereocenters. The standard InChI is InChI=1S/C64H83N17O12.C19H28O2.C18H24O2/c1-4-68-62(92)53-16-10-24-81(53)63(93)46(15-9-23-69-64(65)66)74-56(86)47(25-35(2)3)75-58(88)49(27-37-30-70-43-13-7-5-11-41(37)43)77-57(87)48(26-36-17-19-40(83)20-18-36)76-61(91)52(33-82)80-59(89)50(28-38-31-71-44-14-8-6-12-42(38)44)78-60(90)51(29-39-32-67-34-72-39)79-55(85)45-21-22-54(84)73-45;1-18-9-7-13(20)11-12(18)3-4-14-15-5-6-17(21)19(15,2)10-8-16(14)18;1-18-9-8-14-13-5-3-12(19)10-11(13)2-4-15(14)16(18)6-7-17(18)20/h5-8,11-14,17-20,30-32,34-35,45-53,70-71,82-83H,4,9-10,15-16,21-29,33H2,1-3H3,(H,67,72)(H,68,92)(H,73,84)(H,74,86)(H,75,88)(H,76,91)(H,77,87)(H,78,90)(H,79,85)(H,80,89)(H4,65,66,69);11,14-17,21H,3-10H2,1-2H3;3,5,10,14-17,19-20H,2,4,6-9H2,1H3/t45-,46-,47-,48-,49+,50-,51-,52-,53-;14-,15-,16-,17-,18-,19-;14-,15-,16+,17+,18+/m001/s1. The van der Waals surface area contributed by atoms with Crippen LogP contribution in [0.3, 0.4) is 0 Å². The van der Waals surface area contributed by atoms with Crippen LogP contribution in [0.25, 0.3) is 21.8 Å². The van der Waals surface area contributed by atoms with E-state index in [1.165, 1.54) is 103 Å². The molecular formula is C101H135N17O16. The predicted octanol–water partition coefficient (Wildman–Crippen LogP) is 6.73. The molecule has 4 aromatic carbocycles. The lowest BCUT2D eigenvalue weighted by Gasteiger charge is -2.57. The van der Waals surface area contributed by atoms with Crippen LogP contribution in [0.1, 0.15) is 209 Å². The van der Waals surface area contributed by atoms with E-state index in [2.05, 4.69) is 99.6 Å². The Morgan fingerprint density at radius 1 is 0.575 bits per heavy atom. The van der Waals surface area contributed by atoms with Gasteiger partial charge in [-0.1, -0.05) is 94.8 Å². The van der Waals surface area contributed by atoms with Crippen LogP contribution in [0.4, 0.5) is 0 Å². The first-order valence-corrected chi connectivity index (χ1v) is 48.2. The average molecular weight is 1840 g/mol. The quantitative estimate of drug-likeness (QED) is 0.0118. The van der Waals surface area contributed by atoms with Gasteiger partial charge in [0.05, 0.1) is 25.1 Å². The molecule has 21 N–H and O–H groups in total. The average Bonchev–Trinajstić information content (AvgIpc) is 1.68. The number of aryl methyl sites for hydroxylation is 1. The number of rotatable bonds is 32. The highest BCUT2D eigenvalue weighted by molar-refractivity contribution is 6.00. The summed E-state index contributed by atoms with van der Waals surface area (Å²) in [4.78, 5) is 172. The van der Waals surface area contributed by atoms with Crippen molar-refractivity contribution in [1.29, 1.82) is 0 Å². The first-order chi connectivity index (χ1) is 64.2. The molecule has 0 bridgehead atoms. The summed E-state index contributed by atoms with van der Waals surface area (Å²) in [5.41, 5.74) is 19.5. The number of amides is 10. The molecule has 7 fully saturated rings. The lowest BCUT2D eigenvalue weighted by Crippen LogP contribution is -2.61. The van der Waals surface area contributed by atoms with Crippen molar-refractivity contribution in [2.24, 2.45) is 68.2 Å². The Balaban J connectivity index is 0.000000280. The third-order valence-corrected chi connectivity index (χ3v) is 30.9. The van der Waals surface area contributed by atoms with E-state index < -0.39 is 108 Å². The smallest absolute Gasteiger partial charge is 0.245 e. The number of carbonyl (C=O) groups is 11. The van der Waals surface area contributed by atoms with Crippen molar-refractivity contribution in [3.05, 3.63) is 161 Å². The zero-order chi connectivity index (χ0) is 95.5. The van der Waals surface area contributed by atoms with Crippen LogP contribution >= 0.6 is 0 Å². The molecule has 7 aliphatic carbocycles. The minimum absolute atomic E-state index is 0.0647. The van der Waals surface area contributed by atoms with Crippen molar-refractivity contribution in [3.8, 4) is 11.5 Å². The van der Waals surface area contributed by atoms with Gasteiger partial charge < -0.3 is 105 Å². The molecule has 10 amide bonds. The van der Waals surface area contributed by atoms with Gasteiger partial charge in [0.25, 0.3) is 0 Å². The molecule has 9 aliphatic rings. The van der Waals surface area contributed by atoms with Crippen LogP contribution in [0.5, 0.6) is 11.5 Å². The Labute approximate surface area is 781 Å². The Morgan fingerprint density at radius 2 is 1.14 bits per heavy atom. The minimum Gasteiger partial charge on any atom is -0.508 e. The van der Waals surface area contributed by atoms with Crippen LogP contribution in [0, 0.1) is 51.8 Å². The summed E-state index contributed by atoms with van der Waals surface area (Å²) >= 11 is 0. The number of likely N-dealkylation sites (N-methyl/N-ethyl adjacent to an activating group) is 1. The number of hydrogen-bond donors (Lipinski definition) is 19. The van der Waals surface area contributed by atoms with Gasteiger partial charge in [-0.2, -0.15) is 0 Å². The van der Waals surface area contributed by atoms with Crippen LogP contribution in [-0.4, -0.2) is 214 Å². The number of nitrogens with two attached hydrogens (primary N) is 2. The summed E-state index contributed by atoms with van der Waals surface area (Å²) in [6, 6.07) is 14.4. The van der Waals surface area contributed by atoms with Crippen molar-refractivity contribution in [2.75, 3.05) is 26.2 Å². The van der Waals surface area contributed by atoms with Gasteiger partial charge in [0.2, 0.25) is 59.1 Å². The second-order valence-electron chi connectivity index (χ2n) is 39.8. The van der Waals surface area contributed by atoms with Gasteiger partial charge in [0.1, 0.15) is 65.9 Å². The molecule has 5 saturated carbocycles. The molecule has 0 spiro atoms. The molecule has 7 aromatic rings. The fourth-order valence-electron chi connectivity index (χ4n) is 23.6. The number of para-hydroxylation sites is 2. The first kappa shape index (κ1) is 98.0. The monoisotopic (exact) mass is 1840 g/mol. The number of benzene rings is 4. The number of hydrogen-bond acceptors (Lipinski definition) is 18. The number of aromatic amines is 3. The third kappa shape index (κ3) is 22.5. The summed E-state index contributed by atoms with van der Waals surface area (Å²) in [6.07, 6.45) is 24.6. The maximum Gasteiger partial charge on any atom is 0.245 e. The summed E-state index contributed by atoms with van der Waals surface area (Å²) in [7, 11) is 0. The number of aliphatic hydroxyl groups is 3. The number of guanidine groups is 1. The van der Waals surface area contributed by atoms with Gasteiger partial charge in [0.15, 0.2) is 11.7 Å². The van der Waals surface area contributed by atoms with E-state index in [0.717, 1.165) is 62.7 Å². The second-order valence-corrected chi connectivity index (χ2v) is 39.8. The van der Waals surface area contributed by atoms with E-state index in [1.807, 2.05) is 56.3 Å². The van der Waals surface area contributed by atoms with E-state index >= 15 is 9.59 Å². The Morgan fingerprint density at radius 3 is 1.74 bits per heavy atom. The van der Waals surface area contributed by atoms with E-state index in [9.17, 15) is 68.7 Å². The van der Waals surface area contributed by atoms with E-state index in [0.29, 0.717) is 92.9 Å². The van der Waals surface area contributed by atoms with Crippen LogP contribution in [-0.2, 0) is 84.8 Å². The lowest BCUT2D eigenvalue weighted by atomic mass is 9.47. The van der Waals surface area contributed by atoms with Gasteiger partial charge in [-0.05, 0) is 257 Å². The minimum atomic E-state index is -1.78. The van der Waals surface area contributed by atoms with Gasteiger partial charge >= 0.3 is 0 Å². The highest BCUT2D eigenvalue weighted by Crippen LogP contribution is 2.66. The number of allylic oxidation sites excluding steroid dienone is 1. The number of phenols is 2. The van der Waals surface area contributed by atoms with E-state index in [1.54, 1.807) is 43.6 Å². The van der Waals surface area contributed by atoms with E-state index in [-0.39, 0.29) is 129 Å². The molecule has 3 aromatic heterocycles. The number of carbonyl (C=O) groups excluding carboxylic acids is 11. The van der Waals surface area contributed by atoms with Crippen molar-refractivity contribution >= 4 is 92.6 Å². The summed E-state index contributed by atoms with van der Waals surface area (Å²) in [6.45, 7) is 12.2. The second kappa shape index (κ2) is 43.1. The topological polar surface area (TPSA) is 525 Å². The number of H-pyrrole nitrogens is 3. The molecule has 0 radical (unpaired) electrons. The molecule has 5 heterocycles. The van der Waals surface area contributed by atoms with Crippen molar-refractivity contribution in [1.82, 2.24) is 72.7 Å². The Bertz CT molecular complexity index is 5450. The SMILES string of the molecule is CCNC(=O)[C@@H]1CCCN1C(=O)[C@H](CCCN=C(N)N)NC(=O)[C@H](CC(C)C)NC(=O)[C@@H](Cc1c[nH]c2ccccc12)NC(=O)[C@H](Cc1ccc(O)cc1)NC(=O)[C@H](CO)NC(=O)[C@H](Cc1c[nH]c2ccccc12)NC(=O)[C@H](Cc1cnc[nH]1)NC(=O)[C@@H]1CCC(=O)N1.C[C@]12CC[C@@H]3c4ccc(O)cc4CC[C@H]3[C@@H]1CC[C@@H]2O.C[C@]12CC[C@H]3[C@@H](CCC4=CC(=O)CC[C@@]43C)[C@@H]1CC[C@@H]2O. The van der Waals surface area contributed by atoms with Gasteiger partial charge in [-0.25, -0.2) is 4.98 Å². The van der Waals surface area contributed by atoms with Crippen molar-refractivity contribution < 1.29 is 78.3 Å². The lowest BCUT2D eigenvalue weighted by molar-refractivity contribution is -0.142. The zero-order valence-electron chi connectivity index (χ0n) is 77.7. The van der Waals surface area contributed by atoms with Crippen LogP contribution < -0.4 is 59.3 Å². The van der Waals surface area contributed by atoms with Gasteiger partial charge in [-0.3, -0.25) is 57.7 Å². The molecule has 20 atom stereocenters. The highest BCUT2D eigenvalue weighted by atomic mass is 16.3. The van der Waals surface area contributed by atoms with Gasteiger partial charge in [-0.15, -0.1) is 0 Å². The largest absolute Gasteiger partial charge is 0.508 e. The number of aromatic hydroxyl groups is 2. The molecule has 2 saturated heterocycles. The number of ketones is 1. The van der Waals surface area contributed by atoms with Crippen LogP contribution in [0.2, 0.25) is 0 Å². The highest BCUT2D eigenvalue weighted by Gasteiger charge is 2.60. The molecule has 33 heteroatoms. The number of aliphatic hydroxyl groups excluding tert-OH is 3. The fourth-order valence-corrected chi connectivity index (χ4v) is 23.6. The zero-order valence-corrected chi connectivity index (χ0v) is 77.7. The summed E-state index contributed by atoms with van der Waals surface area (Å²) in [5.74, 6) is -2.52. The maximum atomic E-state index is 15.1. The number of nitrogens with one attached hydrogen (secondary N) is 12. The number of nitrogens with zero attached hydrogens (tertiary/aromatic N) is 3. The normalized spacial score (nSPS) is 26.3. The predicted molar refractivity (Wildman–Crippen MR) is 504 cm³/mol. The van der Waals surface area contributed by atoms with Crippen molar-refractivity contribution in [3.63, 3.8) is 0 Å². The molecule has 720 valence electrons.